The number of ether oxygens (including phenoxy) is 2. The molecule has 0 amide bonds. The van der Waals surface area contributed by atoms with Gasteiger partial charge in [0.1, 0.15) is 48.1 Å². The average Bonchev–Trinajstić information content (AvgIpc) is 3.74. The molecule has 27 heteroatoms. The Labute approximate surface area is 258 Å². The van der Waals surface area contributed by atoms with E-state index in [1.54, 1.807) is 0 Å². The fourth-order valence-corrected chi connectivity index (χ4v) is 7.05. The molecule has 10 N–H and O–H groups in total. The van der Waals surface area contributed by atoms with Crippen LogP contribution in [-0.4, -0.2) is 119 Å². The Kier molecular flexibility index (Phi) is 8.71. The lowest BCUT2D eigenvalue weighted by Crippen LogP contribution is -2.39. The van der Waals surface area contributed by atoms with Gasteiger partial charge < -0.3 is 51.2 Å². The van der Waals surface area contributed by atoms with Crippen molar-refractivity contribution in [3.05, 3.63) is 25.3 Å². The van der Waals surface area contributed by atoms with Crippen LogP contribution in [0.15, 0.2) is 25.3 Å². The summed E-state index contributed by atoms with van der Waals surface area (Å²) in [4.78, 5) is 43.1. The highest BCUT2D eigenvalue weighted by Gasteiger charge is 2.53. The van der Waals surface area contributed by atoms with E-state index in [0.29, 0.717) is 0 Å². The molecule has 23 nitrogen and oxygen atoms in total. The number of rotatable bonds is 10. The number of nitrogen functional groups attached to an aromatic ring is 2. The van der Waals surface area contributed by atoms with Crippen LogP contribution in [0.3, 0.4) is 0 Å². The molecule has 4 aromatic heterocycles. The smallest absolute Gasteiger partial charge is 0.387 e. The molecule has 2 aliphatic heterocycles. The molecule has 0 radical (unpaired) electrons. The lowest BCUT2D eigenvalue weighted by molar-refractivity contribution is -0.166. The summed E-state index contributed by atoms with van der Waals surface area (Å²) in [5.74, 6) is -0.125. The van der Waals surface area contributed by atoms with Gasteiger partial charge in [-0.25, -0.2) is 47.8 Å². The highest BCUT2D eigenvalue weighted by molar-refractivity contribution is 7.61. The third-order valence-electron chi connectivity index (χ3n) is 7.04. The largest absolute Gasteiger partial charge is 0.483 e. The number of nitrogens with zero attached hydrogens (tertiary/aromatic N) is 8. The van der Waals surface area contributed by atoms with Gasteiger partial charge in [-0.15, -0.1) is 0 Å². The Hall–Kier alpha value is -3.42. The Bertz CT molecular complexity index is 1760. The van der Waals surface area contributed by atoms with Gasteiger partial charge in [-0.1, -0.05) is 0 Å². The van der Waals surface area contributed by atoms with Gasteiger partial charge in [0.15, 0.2) is 60.3 Å². The van der Waals surface area contributed by atoms with Gasteiger partial charge in [0, 0.05) is 0 Å². The number of imidazole rings is 2. The highest BCUT2D eigenvalue weighted by Crippen LogP contribution is 2.62. The van der Waals surface area contributed by atoms with E-state index in [-0.39, 0.29) is 34.0 Å². The molecule has 0 saturated carbocycles. The maximum absolute atomic E-state index is 15.0. The number of aromatic nitrogens is 8. The van der Waals surface area contributed by atoms with Gasteiger partial charge in [0.25, 0.3) is 0 Å². The molecule has 6 heterocycles. The van der Waals surface area contributed by atoms with E-state index in [0.717, 1.165) is 34.4 Å². The second-order valence-electron chi connectivity index (χ2n) is 10.0. The van der Waals surface area contributed by atoms with E-state index >= 15 is 8.78 Å². The van der Waals surface area contributed by atoms with Gasteiger partial charge >= 0.3 is 15.6 Å². The topological polar surface area (TPSA) is 341 Å². The first-order valence-electron chi connectivity index (χ1n) is 13.0. The van der Waals surface area contributed by atoms with Gasteiger partial charge in [-0.05, 0) is 0 Å². The number of halogens is 2. The van der Waals surface area contributed by atoms with E-state index in [1.165, 1.54) is 0 Å². The van der Waals surface area contributed by atoms with Crippen LogP contribution in [0, 0.1) is 0 Å². The normalized spacial score (nSPS) is 32.0. The maximum atomic E-state index is 15.0. The van der Waals surface area contributed by atoms with Gasteiger partial charge in [0.2, 0.25) is 0 Å². The van der Waals surface area contributed by atoms with E-state index in [9.17, 15) is 39.3 Å². The summed E-state index contributed by atoms with van der Waals surface area (Å²) in [6.07, 6.45) is -17.9. The molecular formula is C20H24F2N10O13P2. The van der Waals surface area contributed by atoms with Crippen LogP contribution in [0.2, 0.25) is 0 Å². The van der Waals surface area contributed by atoms with Crippen LogP contribution in [-0.2, 0) is 32.0 Å². The third-order valence-corrected chi connectivity index (χ3v) is 9.65. The fourth-order valence-electron chi connectivity index (χ4n) is 4.92. The van der Waals surface area contributed by atoms with Crippen molar-refractivity contribution in [3.8, 4) is 0 Å². The Balaban J connectivity index is 1.09. The first-order valence-corrected chi connectivity index (χ1v) is 16.0. The lowest BCUT2D eigenvalue weighted by atomic mass is 10.1. The molecule has 2 fully saturated rings. The molecule has 6 rings (SSSR count). The van der Waals surface area contributed by atoms with E-state index < -0.39 is 77.4 Å². The van der Waals surface area contributed by atoms with Crippen LogP contribution < -0.4 is 11.5 Å². The van der Waals surface area contributed by atoms with E-state index in [2.05, 4.69) is 43.3 Å². The number of aliphatic hydroxyl groups excluding tert-OH is 4. The van der Waals surface area contributed by atoms with Gasteiger partial charge in [-0.3, -0.25) is 18.2 Å². The molecule has 0 aromatic carbocycles. The molecule has 47 heavy (non-hydrogen) atoms. The molecule has 2 aliphatic rings. The summed E-state index contributed by atoms with van der Waals surface area (Å²) in [6, 6.07) is 0. The van der Waals surface area contributed by atoms with Crippen molar-refractivity contribution < 1.29 is 71.0 Å². The highest BCUT2D eigenvalue weighted by atomic mass is 31.3. The van der Waals surface area contributed by atoms with Crippen LogP contribution in [0.25, 0.3) is 22.3 Å². The minimum Gasteiger partial charge on any atom is -0.387 e. The third kappa shape index (κ3) is 6.17. The summed E-state index contributed by atoms with van der Waals surface area (Å²) >= 11 is 0. The average molecular weight is 712 g/mol. The van der Waals surface area contributed by atoms with Crippen molar-refractivity contribution in [2.24, 2.45) is 0 Å². The molecule has 0 bridgehead atoms. The molecule has 2 saturated heterocycles. The van der Waals surface area contributed by atoms with E-state index in [1.807, 2.05) is 0 Å². The predicted octanol–water partition coefficient (Wildman–Crippen LogP) is -2.09. The number of alkyl halides is 2. The Morgan fingerprint density at radius 3 is 1.51 bits per heavy atom. The van der Waals surface area contributed by atoms with Gasteiger partial charge in [-0.2, -0.15) is 4.31 Å². The lowest BCUT2D eigenvalue weighted by Gasteiger charge is -2.25. The molecule has 12 atom stereocenters. The zero-order valence-electron chi connectivity index (χ0n) is 23.0. The summed E-state index contributed by atoms with van der Waals surface area (Å²) in [6.45, 7) is 0. The van der Waals surface area contributed by atoms with Crippen LogP contribution in [0.4, 0.5) is 20.4 Å². The number of nitrogens with two attached hydrogens (primary N) is 2. The molecule has 4 unspecified atom stereocenters. The van der Waals surface area contributed by atoms with Crippen molar-refractivity contribution in [3.63, 3.8) is 0 Å². The van der Waals surface area contributed by atoms with Crippen LogP contribution in [0.1, 0.15) is 12.5 Å². The minimum absolute atomic E-state index is 0.0275. The second kappa shape index (κ2) is 12.2. The van der Waals surface area contributed by atoms with Crippen molar-refractivity contribution in [2.75, 3.05) is 11.5 Å². The monoisotopic (exact) mass is 712 g/mol. The number of aliphatic hydroxyl groups is 4. The minimum atomic E-state index is -5.88. The van der Waals surface area contributed by atoms with Crippen molar-refractivity contribution in [1.82, 2.24) is 39.0 Å². The molecule has 0 aliphatic carbocycles. The molecular weight excluding hydrogens is 688 g/mol. The van der Waals surface area contributed by atoms with Crippen LogP contribution >= 0.6 is 15.6 Å². The summed E-state index contributed by atoms with van der Waals surface area (Å²) in [5, 5.41) is 41.3. The number of fused-ring (bicyclic) bond motifs is 2. The zero-order chi connectivity index (χ0) is 34.0. The predicted molar refractivity (Wildman–Crippen MR) is 144 cm³/mol. The first-order chi connectivity index (χ1) is 22.1. The molecule has 0 spiro atoms. The van der Waals surface area contributed by atoms with Crippen molar-refractivity contribution in [1.29, 1.82) is 0 Å². The van der Waals surface area contributed by atoms with E-state index in [4.69, 9.17) is 20.9 Å². The number of phosphoric acid groups is 2. The number of phosphoric ester groups is 2. The Morgan fingerprint density at radius 2 is 1.13 bits per heavy atom. The number of anilines is 2. The summed E-state index contributed by atoms with van der Waals surface area (Å²) < 4.78 is 80.3. The molecule has 4 aromatic rings. The molecule has 256 valence electrons. The standard InChI is InChI=1S/C20H24F2N10O13P2/c21-5-9(33)11(41-17(5)31-3-29-7-13(23)25-1-27-15(7)31)19(35)43-46(37,38)45-47(39,40)44-20(36)12-10(34)6(22)18(42-12)32-4-30-8-14(24)26-2-28-16(8)32/h1-6,9-12,17-20,33-36H,(H,37,38)(H,39,40)(H2,23,25,27)(H2,24,26,28)/t5-,6-,9+,10+,11+,12+,17-,18-,19?,20?/m1/s1. The first kappa shape index (κ1) is 33.5. The van der Waals surface area contributed by atoms with Crippen LogP contribution in [0.5, 0.6) is 0 Å². The van der Waals surface area contributed by atoms with Crippen molar-refractivity contribution >= 4 is 49.6 Å². The summed E-state index contributed by atoms with van der Waals surface area (Å²) in [7, 11) is -11.8. The van der Waals surface area contributed by atoms with Crippen molar-refractivity contribution in [2.45, 2.75) is 61.8 Å². The number of hydrogen-bond acceptors (Lipinski definition) is 19. The Morgan fingerprint density at radius 1 is 0.745 bits per heavy atom. The summed E-state index contributed by atoms with van der Waals surface area (Å²) in [5.41, 5.74) is 11.4. The quantitative estimate of drug-likeness (QED) is 0.0645. The SMILES string of the molecule is Nc1ncnc2c1ncn2[C@@H]1O[C@H](C(O)OP(=O)(O)OP(=O)(O)OC(O)[C@H]2O[C@@H](n3cnc4c(N)ncnc43)[C@H](F)[C@@H]2O)[C@@H](O)[C@H]1F. The zero-order valence-corrected chi connectivity index (χ0v) is 24.8. The number of hydrogen-bond donors (Lipinski definition) is 8. The van der Waals surface area contributed by atoms with Gasteiger partial charge in [0.05, 0.1) is 12.7 Å². The fraction of sp³-hybridized carbons (Fsp3) is 0.500. The maximum Gasteiger partial charge on any atom is 0.483 e. The second-order valence-corrected chi connectivity index (χ2v) is 13.0.